The molecule has 0 aliphatic rings. The van der Waals surface area contributed by atoms with Gasteiger partial charge in [0.1, 0.15) is 0 Å². The van der Waals surface area contributed by atoms with Gasteiger partial charge in [-0.15, -0.1) is 0 Å². The van der Waals surface area contributed by atoms with Crippen LogP contribution in [0.25, 0.3) is 0 Å². The zero-order chi connectivity index (χ0) is 20.2. The van der Waals surface area contributed by atoms with E-state index in [9.17, 15) is 9.59 Å². The van der Waals surface area contributed by atoms with E-state index in [1.807, 2.05) is 39.0 Å². The Morgan fingerprint density at radius 2 is 1.67 bits per heavy atom. The molecule has 2 N–H and O–H groups in total. The number of carbonyl (C=O) groups excluding carboxylic acids is 2. The van der Waals surface area contributed by atoms with E-state index in [0.717, 1.165) is 24.0 Å². The Morgan fingerprint density at radius 3 is 2.19 bits per heavy atom. The number of ether oxygens (including phenoxy) is 2. The normalized spacial score (nSPS) is 11.1. The Morgan fingerprint density at radius 1 is 1.04 bits per heavy atom. The van der Waals surface area contributed by atoms with Gasteiger partial charge in [-0.1, -0.05) is 52.3 Å². The smallest absolute Gasteiger partial charge is 0.410 e. The van der Waals surface area contributed by atoms with Crippen LogP contribution in [-0.2, 0) is 11.8 Å². The minimum absolute atomic E-state index is 0.142. The Labute approximate surface area is 160 Å². The summed E-state index contributed by atoms with van der Waals surface area (Å²) in [5.41, 5.74) is 8.25. The number of primary amides is 1. The van der Waals surface area contributed by atoms with Gasteiger partial charge >= 0.3 is 12.1 Å². The summed E-state index contributed by atoms with van der Waals surface area (Å²) in [6.07, 6.45) is 1.04. The van der Waals surface area contributed by atoms with Crippen LogP contribution in [0.4, 0.5) is 4.79 Å². The number of aryl methyl sites for hydroxylation is 2. The average molecular weight is 369 g/mol. The van der Waals surface area contributed by atoms with Crippen molar-refractivity contribution >= 4 is 12.1 Å². The highest BCUT2D eigenvalue weighted by Crippen LogP contribution is 2.37. The van der Waals surface area contributed by atoms with Crippen LogP contribution in [0.5, 0.6) is 11.5 Å². The van der Waals surface area contributed by atoms with Crippen molar-refractivity contribution in [3.63, 3.8) is 0 Å². The molecule has 2 rings (SSSR count). The maximum atomic E-state index is 12.6. The molecular weight excluding hydrogens is 342 g/mol. The summed E-state index contributed by atoms with van der Waals surface area (Å²) in [6.45, 7) is 10.0. The summed E-state index contributed by atoms with van der Waals surface area (Å²) in [5.74, 6) is -0.174. The molecule has 0 aliphatic carbocycles. The van der Waals surface area contributed by atoms with E-state index in [1.54, 1.807) is 25.1 Å². The second kappa shape index (κ2) is 8.25. The summed E-state index contributed by atoms with van der Waals surface area (Å²) >= 11 is 0. The van der Waals surface area contributed by atoms with E-state index in [1.165, 1.54) is 0 Å². The molecule has 0 unspecified atom stereocenters. The fourth-order valence-electron chi connectivity index (χ4n) is 2.74. The molecule has 0 bridgehead atoms. The fraction of sp³-hybridized carbons (Fsp3) is 0.364. The van der Waals surface area contributed by atoms with Crippen molar-refractivity contribution in [3.8, 4) is 11.5 Å². The molecule has 0 aromatic heterocycles. The number of hydrogen-bond donors (Lipinski definition) is 1. The van der Waals surface area contributed by atoms with E-state index in [0.29, 0.717) is 11.1 Å². The molecule has 0 saturated carbocycles. The van der Waals surface area contributed by atoms with Crippen LogP contribution in [0.3, 0.4) is 0 Å². The standard InChI is InChI=1S/C22H27NO4/c1-6-7-15-8-10-16(11-9-15)20(24)27-19-14(2)12-17(22(3,4)5)13-18(19)26-21(23)25/h8-13H,6-7H2,1-5H3,(H2,23,25). The lowest BCUT2D eigenvalue weighted by Gasteiger charge is -2.22. The number of benzene rings is 2. The molecule has 0 heterocycles. The molecule has 2 aromatic rings. The van der Waals surface area contributed by atoms with Gasteiger partial charge in [0.2, 0.25) is 0 Å². The van der Waals surface area contributed by atoms with E-state index >= 15 is 0 Å². The molecule has 27 heavy (non-hydrogen) atoms. The number of nitrogens with two attached hydrogens (primary N) is 1. The van der Waals surface area contributed by atoms with Gasteiger partial charge in [0.15, 0.2) is 11.5 Å². The zero-order valence-electron chi connectivity index (χ0n) is 16.6. The Hall–Kier alpha value is -2.82. The van der Waals surface area contributed by atoms with Crippen LogP contribution < -0.4 is 15.2 Å². The second-order valence-corrected chi connectivity index (χ2v) is 7.63. The van der Waals surface area contributed by atoms with Crippen molar-refractivity contribution in [2.24, 2.45) is 5.73 Å². The molecule has 5 heteroatoms. The highest BCUT2D eigenvalue weighted by atomic mass is 16.6. The maximum absolute atomic E-state index is 12.6. The molecule has 0 spiro atoms. The van der Waals surface area contributed by atoms with Crippen molar-refractivity contribution in [3.05, 3.63) is 58.7 Å². The summed E-state index contributed by atoms with van der Waals surface area (Å²) in [5, 5.41) is 0. The lowest BCUT2D eigenvalue weighted by Crippen LogP contribution is -2.19. The van der Waals surface area contributed by atoms with Crippen LogP contribution in [0.2, 0.25) is 0 Å². The van der Waals surface area contributed by atoms with Crippen molar-refractivity contribution in [2.45, 2.75) is 52.9 Å². The van der Waals surface area contributed by atoms with Crippen LogP contribution >= 0.6 is 0 Å². The molecule has 2 aromatic carbocycles. The maximum Gasteiger partial charge on any atom is 0.410 e. The molecule has 0 radical (unpaired) electrons. The predicted octanol–water partition coefficient (Wildman–Crippen LogP) is 4.92. The minimum atomic E-state index is -0.957. The molecule has 0 saturated heterocycles. The van der Waals surface area contributed by atoms with Gasteiger partial charge in [0.05, 0.1) is 5.56 Å². The van der Waals surface area contributed by atoms with Crippen molar-refractivity contribution in [1.82, 2.24) is 0 Å². The minimum Gasteiger partial charge on any atom is -0.419 e. The molecule has 0 fully saturated rings. The first-order valence-corrected chi connectivity index (χ1v) is 9.05. The molecular formula is C22H27NO4. The van der Waals surface area contributed by atoms with Gasteiger partial charge in [0, 0.05) is 0 Å². The Kier molecular flexibility index (Phi) is 6.26. The quantitative estimate of drug-likeness (QED) is 0.599. The monoisotopic (exact) mass is 369 g/mol. The van der Waals surface area contributed by atoms with Gasteiger partial charge in [-0.2, -0.15) is 0 Å². The largest absolute Gasteiger partial charge is 0.419 e. The first kappa shape index (κ1) is 20.5. The van der Waals surface area contributed by atoms with E-state index < -0.39 is 12.1 Å². The second-order valence-electron chi connectivity index (χ2n) is 7.63. The number of esters is 1. The number of amides is 1. The summed E-state index contributed by atoms with van der Waals surface area (Å²) in [7, 11) is 0. The van der Waals surface area contributed by atoms with Crippen LogP contribution in [-0.4, -0.2) is 12.1 Å². The van der Waals surface area contributed by atoms with Crippen LogP contribution in [0.15, 0.2) is 36.4 Å². The van der Waals surface area contributed by atoms with Gasteiger partial charge < -0.3 is 15.2 Å². The number of carbonyl (C=O) groups is 2. The fourth-order valence-corrected chi connectivity index (χ4v) is 2.74. The number of hydrogen-bond acceptors (Lipinski definition) is 4. The topological polar surface area (TPSA) is 78.6 Å². The SMILES string of the molecule is CCCc1ccc(C(=O)Oc2c(C)cc(C(C)(C)C)cc2OC(N)=O)cc1. The third kappa shape index (κ3) is 5.33. The zero-order valence-corrected chi connectivity index (χ0v) is 16.6. The Bertz CT molecular complexity index is 833. The lowest BCUT2D eigenvalue weighted by molar-refractivity contribution is 0.0728. The predicted molar refractivity (Wildman–Crippen MR) is 105 cm³/mol. The van der Waals surface area contributed by atoms with Crippen LogP contribution in [0.1, 0.15) is 61.2 Å². The third-order valence-electron chi connectivity index (χ3n) is 4.24. The lowest BCUT2D eigenvalue weighted by atomic mass is 9.86. The van der Waals surface area contributed by atoms with Gasteiger partial charge in [-0.25, -0.2) is 9.59 Å². The first-order chi connectivity index (χ1) is 12.6. The van der Waals surface area contributed by atoms with Gasteiger partial charge in [-0.05, 0) is 53.6 Å². The average Bonchev–Trinajstić information content (AvgIpc) is 2.57. The van der Waals surface area contributed by atoms with E-state index in [4.69, 9.17) is 15.2 Å². The van der Waals surface area contributed by atoms with E-state index in [2.05, 4.69) is 6.92 Å². The third-order valence-corrected chi connectivity index (χ3v) is 4.24. The highest BCUT2D eigenvalue weighted by molar-refractivity contribution is 5.91. The molecule has 0 atom stereocenters. The summed E-state index contributed by atoms with van der Waals surface area (Å²) in [6, 6.07) is 10.9. The molecule has 144 valence electrons. The van der Waals surface area contributed by atoms with E-state index in [-0.39, 0.29) is 16.9 Å². The number of rotatable bonds is 5. The van der Waals surface area contributed by atoms with Crippen molar-refractivity contribution < 1.29 is 19.1 Å². The first-order valence-electron chi connectivity index (χ1n) is 9.05. The van der Waals surface area contributed by atoms with Crippen molar-refractivity contribution in [2.75, 3.05) is 0 Å². The summed E-state index contributed by atoms with van der Waals surface area (Å²) < 4.78 is 10.7. The van der Waals surface area contributed by atoms with Crippen LogP contribution in [0, 0.1) is 6.92 Å². The van der Waals surface area contributed by atoms with Gasteiger partial charge in [0.25, 0.3) is 0 Å². The molecule has 0 aliphatic heterocycles. The summed E-state index contributed by atoms with van der Waals surface area (Å²) in [4.78, 5) is 23.9. The van der Waals surface area contributed by atoms with Gasteiger partial charge in [-0.3, -0.25) is 0 Å². The highest BCUT2D eigenvalue weighted by Gasteiger charge is 2.22. The molecule has 5 nitrogen and oxygen atoms in total. The molecule has 1 amide bonds. The van der Waals surface area contributed by atoms with Crippen molar-refractivity contribution in [1.29, 1.82) is 0 Å². The Balaban J connectivity index is 2.35.